The van der Waals surface area contributed by atoms with Gasteiger partial charge >= 0.3 is 0 Å². The van der Waals surface area contributed by atoms with Gasteiger partial charge in [-0.05, 0) is 26.0 Å². The summed E-state index contributed by atoms with van der Waals surface area (Å²) in [5.41, 5.74) is 2.89. The van der Waals surface area contributed by atoms with E-state index in [1.54, 1.807) is 19.2 Å². The lowest BCUT2D eigenvalue weighted by atomic mass is 10.3. The van der Waals surface area contributed by atoms with Crippen LogP contribution in [-0.4, -0.2) is 19.7 Å². The van der Waals surface area contributed by atoms with Crippen LogP contribution in [0.4, 0.5) is 11.5 Å². The van der Waals surface area contributed by atoms with Gasteiger partial charge in [-0.2, -0.15) is 5.10 Å². The number of aryl methyl sites for hydroxylation is 1. The van der Waals surface area contributed by atoms with Crippen LogP contribution in [0.25, 0.3) is 5.69 Å². The Kier molecular flexibility index (Phi) is 3.58. The van der Waals surface area contributed by atoms with Crippen molar-refractivity contribution >= 4 is 23.1 Å². The molecule has 0 atom stereocenters. The first kappa shape index (κ1) is 13.6. The predicted octanol–water partition coefficient (Wildman–Crippen LogP) is 3.68. The molecule has 0 aliphatic heterocycles. The molecule has 0 fully saturated rings. The number of hydrogen-bond acceptors (Lipinski definition) is 4. The molecule has 3 aromatic rings. The highest BCUT2D eigenvalue weighted by molar-refractivity contribution is 6.29. The average Bonchev–Trinajstić information content (AvgIpc) is 2.80. The van der Waals surface area contributed by atoms with Gasteiger partial charge in [0.25, 0.3) is 0 Å². The van der Waals surface area contributed by atoms with Crippen molar-refractivity contribution in [2.75, 3.05) is 5.32 Å². The van der Waals surface area contributed by atoms with Crippen LogP contribution in [0.15, 0.2) is 42.6 Å². The topological polar surface area (TPSA) is 55.6 Å². The van der Waals surface area contributed by atoms with Crippen molar-refractivity contribution in [1.82, 2.24) is 19.7 Å². The van der Waals surface area contributed by atoms with Crippen molar-refractivity contribution in [1.29, 1.82) is 0 Å². The fourth-order valence-electron chi connectivity index (χ4n) is 2.10. The predicted molar refractivity (Wildman–Crippen MR) is 83.4 cm³/mol. The number of hydrogen-bond donors (Lipinski definition) is 1. The molecule has 0 aliphatic rings. The van der Waals surface area contributed by atoms with Crippen molar-refractivity contribution in [3.05, 3.63) is 59.3 Å². The average molecular weight is 300 g/mol. The molecule has 0 bridgehead atoms. The molecular formula is C15H14ClN5. The van der Waals surface area contributed by atoms with Crippen LogP contribution >= 0.6 is 11.6 Å². The summed E-state index contributed by atoms with van der Waals surface area (Å²) in [5.74, 6) is 1.28. The molecule has 0 saturated carbocycles. The van der Waals surface area contributed by atoms with Gasteiger partial charge in [-0.15, -0.1) is 0 Å². The smallest absolute Gasteiger partial charge is 0.135 e. The molecule has 0 radical (unpaired) electrons. The van der Waals surface area contributed by atoms with Crippen molar-refractivity contribution in [2.45, 2.75) is 13.8 Å². The van der Waals surface area contributed by atoms with Gasteiger partial charge in [0.05, 0.1) is 23.3 Å². The number of nitrogens with zero attached hydrogens (tertiary/aromatic N) is 4. The maximum atomic E-state index is 5.95. The number of aromatic nitrogens is 4. The van der Waals surface area contributed by atoms with Crippen LogP contribution in [-0.2, 0) is 0 Å². The van der Waals surface area contributed by atoms with E-state index in [1.807, 2.05) is 41.9 Å². The lowest BCUT2D eigenvalue weighted by Crippen LogP contribution is -2.01. The van der Waals surface area contributed by atoms with Crippen molar-refractivity contribution in [2.24, 2.45) is 0 Å². The maximum absolute atomic E-state index is 5.95. The number of benzene rings is 1. The Bertz CT molecular complexity index is 747. The third kappa shape index (κ3) is 2.87. The summed E-state index contributed by atoms with van der Waals surface area (Å²) >= 11 is 5.95. The summed E-state index contributed by atoms with van der Waals surface area (Å²) in [6.45, 7) is 3.80. The number of para-hydroxylation sites is 1. The Balaban J connectivity index is 1.92. The van der Waals surface area contributed by atoms with Crippen LogP contribution in [0.2, 0.25) is 5.15 Å². The van der Waals surface area contributed by atoms with Crippen molar-refractivity contribution in [3.63, 3.8) is 0 Å². The zero-order valence-electron chi connectivity index (χ0n) is 11.7. The Morgan fingerprint density at radius 1 is 1.10 bits per heavy atom. The Morgan fingerprint density at radius 2 is 1.86 bits per heavy atom. The van der Waals surface area contributed by atoms with Gasteiger partial charge in [0.15, 0.2) is 0 Å². The normalized spacial score (nSPS) is 10.6. The summed E-state index contributed by atoms with van der Waals surface area (Å²) in [6, 6.07) is 11.7. The zero-order valence-corrected chi connectivity index (χ0v) is 12.5. The van der Waals surface area contributed by atoms with E-state index in [0.717, 1.165) is 17.1 Å². The van der Waals surface area contributed by atoms with Gasteiger partial charge < -0.3 is 5.32 Å². The second-order valence-corrected chi connectivity index (χ2v) is 5.03. The van der Waals surface area contributed by atoms with E-state index in [9.17, 15) is 0 Å². The molecule has 0 aliphatic carbocycles. The van der Waals surface area contributed by atoms with Crippen molar-refractivity contribution in [3.8, 4) is 5.69 Å². The van der Waals surface area contributed by atoms with E-state index in [1.165, 1.54) is 0 Å². The molecule has 2 heterocycles. The largest absolute Gasteiger partial charge is 0.337 e. The van der Waals surface area contributed by atoms with Gasteiger partial charge in [0.2, 0.25) is 0 Å². The minimum absolute atomic E-state index is 0.415. The van der Waals surface area contributed by atoms with Crippen LogP contribution in [0.1, 0.15) is 11.5 Å². The number of nitrogens with one attached hydrogen (secondary N) is 1. The van der Waals surface area contributed by atoms with Crippen LogP contribution < -0.4 is 5.32 Å². The highest BCUT2D eigenvalue weighted by Gasteiger charge is 2.09. The molecule has 0 unspecified atom stereocenters. The summed E-state index contributed by atoms with van der Waals surface area (Å²) in [5, 5.41) is 8.04. The number of anilines is 2. The second-order valence-electron chi connectivity index (χ2n) is 4.64. The van der Waals surface area contributed by atoms with Crippen molar-refractivity contribution < 1.29 is 0 Å². The highest BCUT2D eigenvalue weighted by Crippen LogP contribution is 2.22. The molecule has 21 heavy (non-hydrogen) atoms. The Morgan fingerprint density at radius 3 is 2.57 bits per heavy atom. The van der Waals surface area contributed by atoms with Gasteiger partial charge in [-0.1, -0.05) is 29.8 Å². The summed E-state index contributed by atoms with van der Waals surface area (Å²) in [7, 11) is 0. The monoisotopic (exact) mass is 299 g/mol. The SMILES string of the molecule is Cc1nc(Cl)cc(Nc2cnn(-c3ccccc3)c2C)n1. The molecule has 1 aromatic carbocycles. The summed E-state index contributed by atoms with van der Waals surface area (Å²) < 4.78 is 1.87. The Hall–Kier alpha value is -2.40. The third-order valence-corrected chi connectivity index (χ3v) is 3.27. The molecule has 3 rings (SSSR count). The first-order valence-corrected chi connectivity index (χ1v) is 6.89. The molecule has 6 heteroatoms. The molecule has 0 amide bonds. The second kappa shape index (κ2) is 5.54. The fourth-order valence-corrected chi connectivity index (χ4v) is 2.32. The quantitative estimate of drug-likeness (QED) is 0.750. The number of halogens is 1. The summed E-state index contributed by atoms with van der Waals surface area (Å²) in [4.78, 5) is 8.35. The van der Waals surface area contributed by atoms with E-state index >= 15 is 0 Å². The van der Waals surface area contributed by atoms with Crippen LogP contribution in [0, 0.1) is 13.8 Å². The molecule has 5 nitrogen and oxygen atoms in total. The lowest BCUT2D eigenvalue weighted by Gasteiger charge is -2.07. The van der Waals surface area contributed by atoms with Gasteiger partial charge in [0, 0.05) is 6.07 Å². The maximum Gasteiger partial charge on any atom is 0.135 e. The third-order valence-electron chi connectivity index (χ3n) is 3.08. The molecule has 2 aromatic heterocycles. The van der Waals surface area contributed by atoms with E-state index in [0.29, 0.717) is 16.8 Å². The zero-order chi connectivity index (χ0) is 14.8. The minimum Gasteiger partial charge on any atom is -0.337 e. The van der Waals surface area contributed by atoms with E-state index < -0.39 is 0 Å². The number of rotatable bonds is 3. The molecule has 0 spiro atoms. The fraction of sp³-hybridized carbons (Fsp3) is 0.133. The lowest BCUT2D eigenvalue weighted by molar-refractivity contribution is 0.847. The van der Waals surface area contributed by atoms with Crippen LogP contribution in [0.5, 0.6) is 0 Å². The molecular weight excluding hydrogens is 286 g/mol. The van der Waals surface area contributed by atoms with E-state index in [-0.39, 0.29) is 0 Å². The molecule has 1 N–H and O–H groups in total. The van der Waals surface area contributed by atoms with Gasteiger partial charge in [-0.25, -0.2) is 14.6 Å². The summed E-state index contributed by atoms with van der Waals surface area (Å²) in [6.07, 6.45) is 1.77. The van der Waals surface area contributed by atoms with Crippen LogP contribution in [0.3, 0.4) is 0 Å². The van der Waals surface area contributed by atoms with E-state index in [2.05, 4.69) is 20.4 Å². The molecule has 106 valence electrons. The molecule has 0 saturated heterocycles. The first-order chi connectivity index (χ1) is 10.1. The van der Waals surface area contributed by atoms with E-state index in [4.69, 9.17) is 11.6 Å². The highest BCUT2D eigenvalue weighted by atomic mass is 35.5. The minimum atomic E-state index is 0.415. The van der Waals surface area contributed by atoms with Gasteiger partial charge in [0.1, 0.15) is 16.8 Å². The standard InChI is InChI=1S/C15H14ClN5/c1-10-13(20-15-8-14(16)18-11(2)19-15)9-17-21(10)12-6-4-3-5-7-12/h3-9H,1-2H3,(H,18,19,20). The Labute approximate surface area is 127 Å². The first-order valence-electron chi connectivity index (χ1n) is 6.52. The van der Waals surface area contributed by atoms with Gasteiger partial charge in [-0.3, -0.25) is 0 Å².